The lowest BCUT2D eigenvalue weighted by molar-refractivity contribution is -0.127. The number of amides is 1. The molecule has 2 aromatic rings. The Labute approximate surface area is 178 Å². The molecule has 2 aliphatic rings. The quantitative estimate of drug-likeness (QED) is 0.763. The average Bonchev–Trinajstić information content (AvgIpc) is 2.76. The number of aromatic nitrogens is 1. The number of nitrogens with one attached hydrogen (secondary N) is 1. The van der Waals surface area contributed by atoms with Crippen LogP contribution in [0.25, 0.3) is 0 Å². The van der Waals surface area contributed by atoms with Crippen LogP contribution in [0.5, 0.6) is 0 Å². The van der Waals surface area contributed by atoms with Crippen LogP contribution in [0.1, 0.15) is 44.1 Å². The Morgan fingerprint density at radius 2 is 1.79 bits per heavy atom. The first-order valence-corrected chi connectivity index (χ1v) is 11.3. The van der Waals surface area contributed by atoms with E-state index < -0.39 is 0 Å². The molecule has 1 N–H and O–H groups in total. The average molecular weight is 412 g/mol. The van der Waals surface area contributed by atoms with Gasteiger partial charge in [-0.3, -0.25) is 4.79 Å². The Bertz CT molecular complexity index is 788. The molecule has 1 aromatic carbocycles. The van der Waals surface area contributed by atoms with Gasteiger partial charge in [0, 0.05) is 31.2 Å². The van der Waals surface area contributed by atoms with Crippen LogP contribution in [0.3, 0.4) is 0 Å². The summed E-state index contributed by atoms with van der Waals surface area (Å²) in [5.74, 6) is 1.86. The summed E-state index contributed by atoms with van der Waals surface area (Å²) in [4.78, 5) is 19.6. The van der Waals surface area contributed by atoms with Crippen LogP contribution in [0, 0.1) is 11.8 Å². The molecule has 2 atom stereocenters. The molecule has 2 heterocycles. The maximum absolute atomic E-state index is 13.0. The molecule has 1 saturated heterocycles. The molecule has 5 heteroatoms. The largest absolute Gasteiger partial charge is 0.357 e. The zero-order valence-electron chi connectivity index (χ0n) is 16.9. The van der Waals surface area contributed by atoms with Crippen molar-refractivity contribution >= 4 is 23.3 Å². The SMILES string of the molecule is O=C(NC1CCCCC1Cc1ccccc1)C1CCN(c2ccc(Cl)cn2)CC1. The lowest BCUT2D eigenvalue weighted by atomic mass is 9.80. The fraction of sp³-hybridized carbons (Fsp3) is 0.500. The Morgan fingerprint density at radius 1 is 1.03 bits per heavy atom. The van der Waals surface area contributed by atoms with Crippen molar-refractivity contribution in [2.24, 2.45) is 11.8 Å². The molecule has 154 valence electrons. The Hall–Kier alpha value is -2.07. The van der Waals surface area contributed by atoms with Crippen molar-refractivity contribution in [3.05, 3.63) is 59.2 Å². The fourth-order valence-corrected chi connectivity index (χ4v) is 4.90. The zero-order valence-corrected chi connectivity index (χ0v) is 17.7. The summed E-state index contributed by atoms with van der Waals surface area (Å²) in [6.45, 7) is 1.73. The molecule has 1 saturated carbocycles. The van der Waals surface area contributed by atoms with Gasteiger partial charge in [-0.2, -0.15) is 0 Å². The van der Waals surface area contributed by atoms with Crippen molar-refractivity contribution in [2.75, 3.05) is 18.0 Å². The lowest BCUT2D eigenvalue weighted by Crippen LogP contribution is -2.47. The maximum atomic E-state index is 13.0. The van der Waals surface area contributed by atoms with Gasteiger partial charge in [0.15, 0.2) is 0 Å². The van der Waals surface area contributed by atoms with Crippen molar-refractivity contribution in [2.45, 2.75) is 51.0 Å². The minimum Gasteiger partial charge on any atom is -0.357 e. The van der Waals surface area contributed by atoms with Gasteiger partial charge in [-0.1, -0.05) is 54.8 Å². The van der Waals surface area contributed by atoms with E-state index in [0.717, 1.165) is 44.6 Å². The number of benzene rings is 1. The molecule has 1 aromatic heterocycles. The van der Waals surface area contributed by atoms with Gasteiger partial charge in [0.1, 0.15) is 5.82 Å². The molecule has 1 aliphatic carbocycles. The molecule has 2 unspecified atom stereocenters. The standard InChI is InChI=1S/C24H30ClN3O/c25-21-10-11-23(26-17-21)28-14-12-19(13-15-28)24(29)27-22-9-5-4-8-20(22)16-18-6-2-1-3-7-18/h1-3,6-7,10-11,17,19-20,22H,4-5,8-9,12-16H2,(H,27,29). The lowest BCUT2D eigenvalue weighted by Gasteiger charge is -2.36. The van der Waals surface area contributed by atoms with Crippen LogP contribution in [-0.2, 0) is 11.2 Å². The Morgan fingerprint density at radius 3 is 2.52 bits per heavy atom. The van der Waals surface area contributed by atoms with Gasteiger partial charge in [0.05, 0.1) is 5.02 Å². The number of pyridine rings is 1. The molecule has 0 bridgehead atoms. The highest BCUT2D eigenvalue weighted by Crippen LogP contribution is 2.29. The second-order valence-electron chi connectivity index (χ2n) is 8.45. The molecule has 0 spiro atoms. The van der Waals surface area contributed by atoms with E-state index in [1.165, 1.54) is 24.8 Å². The summed E-state index contributed by atoms with van der Waals surface area (Å²) in [7, 11) is 0. The first-order chi connectivity index (χ1) is 14.2. The van der Waals surface area contributed by atoms with Crippen LogP contribution in [-0.4, -0.2) is 30.0 Å². The van der Waals surface area contributed by atoms with Crippen molar-refractivity contribution in [1.29, 1.82) is 0 Å². The Kier molecular flexibility index (Phi) is 6.70. The third-order valence-corrected chi connectivity index (χ3v) is 6.70. The van der Waals surface area contributed by atoms with Crippen LogP contribution in [0.15, 0.2) is 48.7 Å². The minimum absolute atomic E-state index is 0.109. The van der Waals surface area contributed by atoms with Gasteiger partial charge in [-0.05, 0) is 55.7 Å². The second-order valence-corrected chi connectivity index (χ2v) is 8.88. The fourth-order valence-electron chi connectivity index (χ4n) is 4.79. The van der Waals surface area contributed by atoms with E-state index >= 15 is 0 Å². The van der Waals surface area contributed by atoms with Crippen LogP contribution < -0.4 is 10.2 Å². The topological polar surface area (TPSA) is 45.2 Å². The molecule has 1 amide bonds. The highest BCUT2D eigenvalue weighted by Gasteiger charge is 2.31. The molecule has 1 aliphatic heterocycles. The van der Waals surface area contributed by atoms with Gasteiger partial charge < -0.3 is 10.2 Å². The van der Waals surface area contributed by atoms with Crippen molar-refractivity contribution in [3.8, 4) is 0 Å². The summed E-state index contributed by atoms with van der Waals surface area (Å²) in [5, 5.41) is 4.08. The van der Waals surface area contributed by atoms with Gasteiger partial charge >= 0.3 is 0 Å². The minimum atomic E-state index is 0.109. The summed E-state index contributed by atoms with van der Waals surface area (Å²) in [6.07, 6.45) is 9.32. The van der Waals surface area contributed by atoms with E-state index in [0.29, 0.717) is 17.0 Å². The number of halogens is 1. The van der Waals surface area contributed by atoms with E-state index in [4.69, 9.17) is 11.6 Å². The predicted molar refractivity (Wildman–Crippen MR) is 118 cm³/mol. The van der Waals surface area contributed by atoms with Gasteiger partial charge in [0.2, 0.25) is 5.91 Å². The molecule has 2 fully saturated rings. The zero-order chi connectivity index (χ0) is 20.1. The number of hydrogen-bond donors (Lipinski definition) is 1. The number of rotatable bonds is 5. The van der Waals surface area contributed by atoms with Crippen molar-refractivity contribution in [3.63, 3.8) is 0 Å². The van der Waals surface area contributed by atoms with E-state index in [1.807, 2.05) is 12.1 Å². The summed E-state index contributed by atoms with van der Waals surface area (Å²) in [5.41, 5.74) is 1.38. The summed E-state index contributed by atoms with van der Waals surface area (Å²) < 4.78 is 0. The van der Waals surface area contributed by atoms with Crippen molar-refractivity contribution in [1.82, 2.24) is 10.3 Å². The number of carbonyl (C=O) groups is 1. The normalized spacial score (nSPS) is 23.0. The van der Waals surface area contributed by atoms with E-state index in [1.54, 1.807) is 6.20 Å². The van der Waals surface area contributed by atoms with Crippen molar-refractivity contribution < 1.29 is 4.79 Å². The molecule has 29 heavy (non-hydrogen) atoms. The van der Waals surface area contributed by atoms with E-state index in [9.17, 15) is 4.79 Å². The Balaban J connectivity index is 1.30. The van der Waals surface area contributed by atoms with Gasteiger partial charge in [0.25, 0.3) is 0 Å². The molecular formula is C24H30ClN3O. The van der Waals surface area contributed by atoms with E-state index in [-0.39, 0.29) is 11.8 Å². The third kappa shape index (κ3) is 5.30. The van der Waals surface area contributed by atoms with Crippen LogP contribution in [0.4, 0.5) is 5.82 Å². The van der Waals surface area contributed by atoms with Gasteiger partial charge in [-0.15, -0.1) is 0 Å². The van der Waals surface area contributed by atoms with Gasteiger partial charge in [-0.25, -0.2) is 4.98 Å². The number of nitrogens with zero attached hydrogens (tertiary/aromatic N) is 2. The highest BCUT2D eigenvalue weighted by atomic mass is 35.5. The smallest absolute Gasteiger partial charge is 0.223 e. The highest BCUT2D eigenvalue weighted by molar-refractivity contribution is 6.30. The molecule has 4 rings (SSSR count). The van der Waals surface area contributed by atoms with Crippen LogP contribution in [0.2, 0.25) is 5.02 Å². The molecular weight excluding hydrogens is 382 g/mol. The number of anilines is 1. The molecule has 0 radical (unpaired) electrons. The maximum Gasteiger partial charge on any atom is 0.223 e. The molecule has 4 nitrogen and oxygen atoms in total. The summed E-state index contributed by atoms with van der Waals surface area (Å²) in [6, 6.07) is 14.8. The number of hydrogen-bond acceptors (Lipinski definition) is 3. The number of carbonyl (C=O) groups excluding carboxylic acids is 1. The first kappa shape index (κ1) is 20.2. The second kappa shape index (κ2) is 9.62. The van der Waals surface area contributed by atoms with Crippen LogP contribution >= 0.6 is 11.6 Å². The third-order valence-electron chi connectivity index (χ3n) is 6.48. The first-order valence-electron chi connectivity index (χ1n) is 10.9. The monoisotopic (exact) mass is 411 g/mol. The summed E-state index contributed by atoms with van der Waals surface area (Å²) >= 11 is 5.94. The predicted octanol–water partition coefficient (Wildman–Crippen LogP) is 4.87. The van der Waals surface area contributed by atoms with E-state index in [2.05, 4.69) is 45.5 Å². The number of piperidine rings is 1.